The number of fused-ring (bicyclic) bond motifs is 1. The third-order valence-corrected chi connectivity index (χ3v) is 5.47. The summed E-state index contributed by atoms with van der Waals surface area (Å²) in [7, 11) is 1.71. The van der Waals surface area contributed by atoms with Gasteiger partial charge in [0.25, 0.3) is 0 Å². The third-order valence-electron chi connectivity index (χ3n) is 5.47. The minimum atomic E-state index is 0. The van der Waals surface area contributed by atoms with Gasteiger partial charge in [-0.05, 0) is 38.1 Å². The van der Waals surface area contributed by atoms with E-state index >= 15 is 0 Å². The van der Waals surface area contributed by atoms with Crippen molar-refractivity contribution in [2.75, 3.05) is 44.7 Å². The number of halogens is 1. The minimum Gasteiger partial charge on any atom is -0.497 e. The van der Waals surface area contributed by atoms with Gasteiger partial charge >= 0.3 is 0 Å². The summed E-state index contributed by atoms with van der Waals surface area (Å²) < 4.78 is 7.48. The summed E-state index contributed by atoms with van der Waals surface area (Å²) in [6.45, 7) is 9.36. The van der Waals surface area contributed by atoms with Gasteiger partial charge in [0.15, 0.2) is 5.96 Å². The number of nitrogens with zero attached hydrogens (tertiary/aromatic N) is 5. The van der Waals surface area contributed by atoms with E-state index < -0.39 is 0 Å². The largest absolute Gasteiger partial charge is 0.497 e. The number of imidazole rings is 1. The molecule has 1 N–H and O–H groups in total. The number of nitrogens with one attached hydrogen (secondary N) is 1. The maximum absolute atomic E-state index is 5.37. The van der Waals surface area contributed by atoms with Crippen LogP contribution in [0.3, 0.4) is 0 Å². The Morgan fingerprint density at radius 1 is 1.13 bits per heavy atom. The van der Waals surface area contributed by atoms with Gasteiger partial charge in [-0.25, -0.2) is 9.98 Å². The lowest BCUT2D eigenvalue weighted by Gasteiger charge is -2.37. The number of ether oxygens (including phenoxy) is 1. The monoisotopic (exact) mass is 534 g/mol. The van der Waals surface area contributed by atoms with Crippen LogP contribution < -0.4 is 15.0 Å². The van der Waals surface area contributed by atoms with Crippen molar-refractivity contribution >= 4 is 41.3 Å². The smallest absolute Gasteiger partial charge is 0.194 e. The van der Waals surface area contributed by atoms with E-state index in [4.69, 9.17) is 14.7 Å². The molecule has 2 aromatic heterocycles. The highest BCUT2D eigenvalue weighted by Crippen LogP contribution is 2.22. The van der Waals surface area contributed by atoms with E-state index in [-0.39, 0.29) is 24.0 Å². The third kappa shape index (κ3) is 5.41. The van der Waals surface area contributed by atoms with E-state index in [0.717, 1.165) is 55.8 Å². The molecule has 0 bridgehead atoms. The van der Waals surface area contributed by atoms with Crippen LogP contribution in [0.15, 0.2) is 53.7 Å². The molecule has 3 heterocycles. The van der Waals surface area contributed by atoms with E-state index in [0.29, 0.717) is 6.54 Å². The normalized spacial score (nSPS) is 14.5. The number of aromatic nitrogens is 2. The molecule has 1 saturated heterocycles. The van der Waals surface area contributed by atoms with Crippen LogP contribution in [0, 0.1) is 6.92 Å². The van der Waals surface area contributed by atoms with E-state index in [1.165, 1.54) is 11.4 Å². The average molecular weight is 534 g/mol. The average Bonchev–Trinajstić information content (AvgIpc) is 3.21. The Balaban J connectivity index is 0.00000272. The second-order valence-electron chi connectivity index (χ2n) is 7.47. The van der Waals surface area contributed by atoms with Crippen molar-refractivity contribution in [2.45, 2.75) is 20.4 Å². The Hall–Kier alpha value is -2.49. The quantitative estimate of drug-likeness (QED) is 0.308. The summed E-state index contributed by atoms with van der Waals surface area (Å²) in [5, 5.41) is 3.44. The van der Waals surface area contributed by atoms with Crippen molar-refractivity contribution in [3.05, 3.63) is 60.0 Å². The number of anilines is 1. The second kappa shape index (κ2) is 10.7. The molecular weight excluding hydrogens is 503 g/mol. The summed E-state index contributed by atoms with van der Waals surface area (Å²) >= 11 is 0. The first-order chi connectivity index (χ1) is 14.7. The number of hydrogen-bond donors (Lipinski definition) is 1. The molecule has 166 valence electrons. The lowest BCUT2D eigenvalue weighted by Crippen LogP contribution is -2.52. The summed E-state index contributed by atoms with van der Waals surface area (Å²) in [6.07, 6.45) is 2.08. The number of aliphatic imine (C=N–C) groups is 1. The predicted octanol–water partition coefficient (Wildman–Crippen LogP) is 3.56. The SMILES string of the molecule is CCNC(=NCc1cn2c(C)cccc2n1)N1CCN(c2cccc(OC)c2)CC1.I. The maximum Gasteiger partial charge on any atom is 0.194 e. The zero-order valence-electron chi connectivity index (χ0n) is 18.4. The number of hydrogen-bond acceptors (Lipinski definition) is 4. The van der Waals surface area contributed by atoms with E-state index in [9.17, 15) is 0 Å². The van der Waals surface area contributed by atoms with Crippen molar-refractivity contribution in [1.82, 2.24) is 19.6 Å². The van der Waals surface area contributed by atoms with Gasteiger partial charge in [0.2, 0.25) is 0 Å². The van der Waals surface area contributed by atoms with Gasteiger partial charge in [0.05, 0.1) is 19.3 Å². The van der Waals surface area contributed by atoms with Crippen LogP contribution in [0.25, 0.3) is 5.65 Å². The highest BCUT2D eigenvalue weighted by Gasteiger charge is 2.20. The molecule has 31 heavy (non-hydrogen) atoms. The van der Waals surface area contributed by atoms with E-state index in [2.05, 4.69) is 57.8 Å². The van der Waals surface area contributed by atoms with Gasteiger partial charge in [-0.15, -0.1) is 24.0 Å². The van der Waals surface area contributed by atoms with Crippen LogP contribution in [-0.2, 0) is 6.54 Å². The molecule has 4 rings (SSSR count). The molecule has 0 amide bonds. The van der Waals surface area contributed by atoms with Crippen molar-refractivity contribution < 1.29 is 4.74 Å². The number of piperazine rings is 1. The van der Waals surface area contributed by atoms with Gasteiger partial charge in [0, 0.05) is 56.4 Å². The molecule has 0 radical (unpaired) electrons. The lowest BCUT2D eigenvalue weighted by molar-refractivity contribution is 0.372. The van der Waals surface area contributed by atoms with Gasteiger partial charge < -0.3 is 24.3 Å². The summed E-state index contributed by atoms with van der Waals surface area (Å²) in [5.74, 6) is 1.85. The molecule has 1 aliphatic rings. The number of rotatable bonds is 5. The topological polar surface area (TPSA) is 57.4 Å². The van der Waals surface area contributed by atoms with Crippen molar-refractivity contribution in [3.8, 4) is 5.75 Å². The first kappa shape index (κ1) is 23.2. The fraction of sp³-hybridized carbons (Fsp3) is 0.391. The van der Waals surface area contributed by atoms with Crippen LogP contribution >= 0.6 is 24.0 Å². The summed E-state index contributed by atoms with van der Waals surface area (Å²) in [6, 6.07) is 14.4. The summed E-state index contributed by atoms with van der Waals surface area (Å²) in [4.78, 5) is 14.3. The van der Waals surface area contributed by atoms with E-state index in [1.807, 2.05) is 24.3 Å². The fourth-order valence-electron chi connectivity index (χ4n) is 3.84. The lowest BCUT2D eigenvalue weighted by atomic mass is 10.2. The molecule has 0 atom stereocenters. The Labute approximate surface area is 201 Å². The van der Waals surface area contributed by atoms with Crippen LogP contribution in [0.2, 0.25) is 0 Å². The van der Waals surface area contributed by atoms with E-state index in [1.54, 1.807) is 7.11 Å². The predicted molar refractivity (Wildman–Crippen MR) is 137 cm³/mol. The minimum absolute atomic E-state index is 0. The zero-order chi connectivity index (χ0) is 20.9. The molecule has 0 spiro atoms. The van der Waals surface area contributed by atoms with Crippen LogP contribution in [0.4, 0.5) is 5.69 Å². The number of pyridine rings is 1. The van der Waals surface area contributed by atoms with Gasteiger partial charge in [0.1, 0.15) is 11.4 Å². The standard InChI is InChI=1S/C23H30N6O.HI/c1-4-24-23(25-16-19-17-29-18(2)7-5-10-22(29)26-19)28-13-11-27(12-14-28)20-8-6-9-21(15-20)30-3;/h5-10,15,17H,4,11-14,16H2,1-3H3,(H,24,25);1H. The first-order valence-electron chi connectivity index (χ1n) is 10.5. The van der Waals surface area contributed by atoms with Crippen LogP contribution in [-0.4, -0.2) is 60.1 Å². The number of aryl methyl sites for hydroxylation is 1. The van der Waals surface area contributed by atoms with Crippen molar-refractivity contribution in [1.29, 1.82) is 0 Å². The first-order valence-corrected chi connectivity index (χ1v) is 10.5. The molecule has 0 saturated carbocycles. The highest BCUT2D eigenvalue weighted by molar-refractivity contribution is 14.0. The molecule has 0 unspecified atom stereocenters. The van der Waals surface area contributed by atoms with Gasteiger partial charge in [-0.2, -0.15) is 0 Å². The fourth-order valence-corrected chi connectivity index (χ4v) is 3.84. The molecule has 0 aliphatic carbocycles. The molecule has 1 aliphatic heterocycles. The Bertz CT molecular complexity index is 1030. The van der Waals surface area contributed by atoms with Gasteiger partial charge in [-0.1, -0.05) is 12.1 Å². The second-order valence-corrected chi connectivity index (χ2v) is 7.47. The molecule has 8 heteroatoms. The Morgan fingerprint density at radius 3 is 2.61 bits per heavy atom. The Kier molecular flexibility index (Phi) is 8.00. The highest BCUT2D eigenvalue weighted by atomic mass is 127. The molecular formula is C23H31IN6O. The number of guanidine groups is 1. The number of benzene rings is 1. The molecule has 7 nitrogen and oxygen atoms in total. The van der Waals surface area contributed by atoms with Crippen LogP contribution in [0.1, 0.15) is 18.3 Å². The molecule has 1 fully saturated rings. The van der Waals surface area contributed by atoms with Crippen molar-refractivity contribution in [3.63, 3.8) is 0 Å². The number of methoxy groups -OCH3 is 1. The van der Waals surface area contributed by atoms with Crippen molar-refractivity contribution in [2.24, 2.45) is 4.99 Å². The molecule has 1 aromatic carbocycles. The summed E-state index contributed by atoms with van der Waals surface area (Å²) in [5.41, 5.74) is 4.33. The maximum atomic E-state index is 5.37. The Morgan fingerprint density at radius 2 is 1.90 bits per heavy atom. The van der Waals surface area contributed by atoms with Gasteiger partial charge in [-0.3, -0.25) is 0 Å². The van der Waals surface area contributed by atoms with Crippen LogP contribution in [0.5, 0.6) is 5.75 Å². The zero-order valence-corrected chi connectivity index (χ0v) is 20.7. The molecule has 3 aromatic rings.